The van der Waals surface area contributed by atoms with E-state index in [1.807, 2.05) is 0 Å². The van der Waals surface area contributed by atoms with E-state index in [9.17, 15) is 18.8 Å². The van der Waals surface area contributed by atoms with Crippen molar-refractivity contribution in [2.45, 2.75) is 32.7 Å². The fourth-order valence-corrected chi connectivity index (χ4v) is 2.34. The molecule has 0 aliphatic carbocycles. The van der Waals surface area contributed by atoms with Crippen molar-refractivity contribution in [2.24, 2.45) is 5.92 Å². The minimum Gasteiger partial charge on any atom is -0.335 e. The molecule has 118 valence electrons. The number of aryl methyl sites for hydroxylation is 1. The maximum atomic E-state index is 13.4. The van der Waals surface area contributed by atoms with Gasteiger partial charge in [0.05, 0.1) is 5.92 Å². The van der Waals surface area contributed by atoms with Crippen LogP contribution in [0.5, 0.6) is 0 Å². The SMILES string of the molecule is Cc1ccc(NC(=O)CCC2C(=O)NC(=O)NC2C)cc1F. The number of rotatable bonds is 4. The number of nitrogens with one attached hydrogen (secondary N) is 3. The molecule has 3 N–H and O–H groups in total. The van der Waals surface area contributed by atoms with Gasteiger partial charge in [-0.2, -0.15) is 0 Å². The number of imide groups is 1. The molecule has 0 radical (unpaired) electrons. The molecule has 7 heteroatoms. The number of amides is 4. The number of hydrogen-bond donors (Lipinski definition) is 3. The molecule has 2 rings (SSSR count). The number of anilines is 1. The maximum absolute atomic E-state index is 13.4. The number of carbonyl (C=O) groups excluding carboxylic acids is 3. The quantitative estimate of drug-likeness (QED) is 0.791. The normalized spacial score (nSPS) is 21.0. The minimum atomic E-state index is -0.520. The van der Waals surface area contributed by atoms with Crippen LogP contribution in [0.25, 0.3) is 0 Å². The van der Waals surface area contributed by atoms with Crippen LogP contribution in [0, 0.1) is 18.7 Å². The highest BCUT2D eigenvalue weighted by molar-refractivity contribution is 5.99. The molecule has 4 amide bonds. The summed E-state index contributed by atoms with van der Waals surface area (Å²) >= 11 is 0. The van der Waals surface area contributed by atoms with E-state index in [-0.39, 0.29) is 30.1 Å². The monoisotopic (exact) mass is 307 g/mol. The van der Waals surface area contributed by atoms with Crippen LogP contribution in [-0.2, 0) is 9.59 Å². The molecule has 2 atom stereocenters. The average molecular weight is 307 g/mol. The Morgan fingerprint density at radius 2 is 2.09 bits per heavy atom. The zero-order valence-electron chi connectivity index (χ0n) is 12.4. The zero-order valence-corrected chi connectivity index (χ0v) is 12.4. The largest absolute Gasteiger partial charge is 0.335 e. The van der Waals surface area contributed by atoms with Crippen molar-refractivity contribution in [3.8, 4) is 0 Å². The van der Waals surface area contributed by atoms with Gasteiger partial charge in [-0.05, 0) is 38.0 Å². The molecule has 2 unspecified atom stereocenters. The summed E-state index contributed by atoms with van der Waals surface area (Å²) in [7, 11) is 0. The van der Waals surface area contributed by atoms with Crippen LogP contribution in [0.2, 0.25) is 0 Å². The second-order valence-corrected chi connectivity index (χ2v) is 5.41. The van der Waals surface area contributed by atoms with Gasteiger partial charge in [-0.25, -0.2) is 9.18 Å². The molecule has 6 nitrogen and oxygen atoms in total. The Balaban J connectivity index is 1.88. The summed E-state index contributed by atoms with van der Waals surface area (Å²) in [5, 5.41) is 7.36. The van der Waals surface area contributed by atoms with Crippen molar-refractivity contribution >= 4 is 23.5 Å². The fraction of sp³-hybridized carbons (Fsp3) is 0.400. The summed E-state index contributed by atoms with van der Waals surface area (Å²) in [6.45, 7) is 3.35. The van der Waals surface area contributed by atoms with Gasteiger partial charge in [0.1, 0.15) is 5.82 Å². The van der Waals surface area contributed by atoms with Gasteiger partial charge in [0.15, 0.2) is 0 Å². The summed E-state index contributed by atoms with van der Waals surface area (Å²) < 4.78 is 13.4. The van der Waals surface area contributed by atoms with Crippen LogP contribution in [-0.4, -0.2) is 23.9 Å². The van der Waals surface area contributed by atoms with Gasteiger partial charge in [-0.15, -0.1) is 0 Å². The Hall–Kier alpha value is -2.44. The summed E-state index contributed by atoms with van der Waals surface area (Å²) in [6.07, 6.45) is 0.404. The first-order chi connectivity index (χ1) is 10.4. The van der Waals surface area contributed by atoms with Crippen molar-refractivity contribution in [2.75, 3.05) is 5.32 Å². The molecule has 0 aromatic heterocycles. The van der Waals surface area contributed by atoms with E-state index >= 15 is 0 Å². The molecule has 1 aromatic rings. The van der Waals surface area contributed by atoms with Gasteiger partial charge in [0, 0.05) is 18.2 Å². The van der Waals surface area contributed by atoms with Crippen molar-refractivity contribution in [1.29, 1.82) is 0 Å². The summed E-state index contributed by atoms with van der Waals surface area (Å²) in [5.74, 6) is -1.54. The van der Waals surface area contributed by atoms with E-state index in [1.54, 1.807) is 26.0 Å². The van der Waals surface area contributed by atoms with Gasteiger partial charge in [-0.3, -0.25) is 14.9 Å². The summed E-state index contributed by atoms with van der Waals surface area (Å²) in [6, 6.07) is 3.60. The number of hydrogen-bond acceptors (Lipinski definition) is 3. The molecule has 1 aliphatic rings. The fourth-order valence-electron chi connectivity index (χ4n) is 2.34. The predicted molar refractivity (Wildman–Crippen MR) is 78.6 cm³/mol. The van der Waals surface area contributed by atoms with E-state index in [0.29, 0.717) is 17.7 Å². The van der Waals surface area contributed by atoms with Crippen LogP contribution in [0.3, 0.4) is 0 Å². The standard InChI is InChI=1S/C15H18FN3O3/c1-8-3-4-10(7-12(8)16)18-13(20)6-5-11-9(2)17-15(22)19-14(11)21/h3-4,7,9,11H,5-6H2,1-2H3,(H,18,20)(H2,17,19,21,22). The van der Waals surface area contributed by atoms with Crippen LogP contribution >= 0.6 is 0 Å². The zero-order chi connectivity index (χ0) is 16.3. The third kappa shape index (κ3) is 3.81. The first-order valence-corrected chi connectivity index (χ1v) is 7.04. The molecular formula is C15H18FN3O3. The van der Waals surface area contributed by atoms with Gasteiger partial charge >= 0.3 is 6.03 Å². The van der Waals surface area contributed by atoms with E-state index in [4.69, 9.17) is 0 Å². The number of carbonyl (C=O) groups is 3. The Kier molecular flexibility index (Phi) is 4.75. The second-order valence-electron chi connectivity index (χ2n) is 5.41. The molecule has 0 bridgehead atoms. The molecule has 0 spiro atoms. The van der Waals surface area contributed by atoms with E-state index in [1.165, 1.54) is 6.07 Å². The summed E-state index contributed by atoms with van der Waals surface area (Å²) in [5.41, 5.74) is 0.879. The van der Waals surface area contributed by atoms with Gasteiger partial charge < -0.3 is 10.6 Å². The lowest BCUT2D eigenvalue weighted by atomic mass is 9.93. The third-order valence-corrected chi connectivity index (χ3v) is 3.67. The van der Waals surface area contributed by atoms with Crippen LogP contribution in [0.15, 0.2) is 18.2 Å². The lowest BCUT2D eigenvalue weighted by molar-refractivity contribution is -0.126. The topological polar surface area (TPSA) is 87.3 Å². The average Bonchev–Trinajstić information content (AvgIpc) is 2.41. The third-order valence-electron chi connectivity index (χ3n) is 3.67. The molecule has 1 fully saturated rings. The van der Waals surface area contributed by atoms with Gasteiger partial charge in [-0.1, -0.05) is 6.07 Å². The highest BCUT2D eigenvalue weighted by Crippen LogP contribution is 2.17. The summed E-state index contributed by atoms with van der Waals surface area (Å²) in [4.78, 5) is 34.7. The number of benzene rings is 1. The van der Waals surface area contributed by atoms with Gasteiger partial charge in [0.25, 0.3) is 0 Å². The van der Waals surface area contributed by atoms with E-state index in [0.717, 1.165) is 0 Å². The van der Waals surface area contributed by atoms with Crippen molar-refractivity contribution in [3.63, 3.8) is 0 Å². The molecule has 0 saturated carbocycles. The number of halogens is 1. The van der Waals surface area contributed by atoms with Gasteiger partial charge in [0.2, 0.25) is 11.8 Å². The highest BCUT2D eigenvalue weighted by atomic mass is 19.1. The molecule has 22 heavy (non-hydrogen) atoms. The Labute approximate surface area is 127 Å². The minimum absolute atomic E-state index is 0.105. The smallest absolute Gasteiger partial charge is 0.321 e. The van der Waals surface area contributed by atoms with Crippen LogP contribution < -0.4 is 16.0 Å². The van der Waals surface area contributed by atoms with E-state index in [2.05, 4.69) is 16.0 Å². The first kappa shape index (κ1) is 15.9. The highest BCUT2D eigenvalue weighted by Gasteiger charge is 2.32. The Morgan fingerprint density at radius 3 is 2.73 bits per heavy atom. The lowest BCUT2D eigenvalue weighted by Crippen LogP contribution is -2.57. The lowest BCUT2D eigenvalue weighted by Gasteiger charge is -2.28. The second kappa shape index (κ2) is 6.55. The van der Waals surface area contributed by atoms with Crippen molar-refractivity contribution in [1.82, 2.24) is 10.6 Å². The Morgan fingerprint density at radius 1 is 1.36 bits per heavy atom. The molecular weight excluding hydrogens is 289 g/mol. The number of urea groups is 1. The van der Waals surface area contributed by atoms with Crippen molar-refractivity contribution < 1.29 is 18.8 Å². The van der Waals surface area contributed by atoms with Crippen LogP contribution in [0.4, 0.5) is 14.9 Å². The first-order valence-electron chi connectivity index (χ1n) is 7.04. The predicted octanol–water partition coefficient (Wildman–Crippen LogP) is 1.70. The Bertz CT molecular complexity index is 618. The molecule has 1 heterocycles. The van der Waals surface area contributed by atoms with Crippen molar-refractivity contribution in [3.05, 3.63) is 29.6 Å². The molecule has 1 aliphatic heterocycles. The van der Waals surface area contributed by atoms with E-state index < -0.39 is 11.9 Å². The van der Waals surface area contributed by atoms with Crippen LogP contribution in [0.1, 0.15) is 25.3 Å². The molecule has 1 saturated heterocycles. The molecule has 1 aromatic carbocycles. The maximum Gasteiger partial charge on any atom is 0.321 e.